The molecule has 1 N–H and O–H groups in total. The van der Waals surface area contributed by atoms with Crippen LogP contribution in [0.15, 0.2) is 41.9 Å². The monoisotopic (exact) mass is 367 g/mol. The largest absolute Gasteiger partial charge is 0.361 e. The predicted octanol–water partition coefficient (Wildman–Crippen LogP) is 3.68. The highest BCUT2D eigenvalue weighted by Crippen LogP contribution is 2.22. The average Bonchev–Trinajstić information content (AvgIpc) is 3.18. The molecule has 0 aliphatic carbocycles. The van der Waals surface area contributed by atoms with Crippen molar-refractivity contribution in [3.05, 3.63) is 53.2 Å². The van der Waals surface area contributed by atoms with Gasteiger partial charge in [-0.2, -0.15) is 0 Å². The number of anilines is 2. The fourth-order valence-electron chi connectivity index (χ4n) is 2.54. The highest BCUT2D eigenvalue weighted by atomic mass is 32.1. The molecule has 0 saturated heterocycles. The number of thiazole rings is 1. The van der Waals surface area contributed by atoms with Crippen molar-refractivity contribution in [3.63, 3.8) is 0 Å². The van der Waals surface area contributed by atoms with Crippen LogP contribution in [0.4, 0.5) is 10.9 Å². The maximum Gasteiger partial charge on any atom is 0.248 e. The van der Waals surface area contributed by atoms with Crippen LogP contribution in [0.25, 0.3) is 11.4 Å². The second kappa shape index (κ2) is 8.05. The van der Waals surface area contributed by atoms with Crippen molar-refractivity contribution < 1.29 is 4.79 Å². The van der Waals surface area contributed by atoms with Crippen LogP contribution in [-0.4, -0.2) is 33.9 Å². The molecular formula is C19H21N5OS. The van der Waals surface area contributed by atoms with E-state index in [2.05, 4.69) is 20.3 Å². The minimum Gasteiger partial charge on any atom is -0.361 e. The summed E-state index contributed by atoms with van der Waals surface area (Å²) in [5, 5.41) is 5.75. The Morgan fingerprint density at radius 1 is 1.19 bits per heavy atom. The third-order valence-electron chi connectivity index (χ3n) is 4.10. The van der Waals surface area contributed by atoms with Crippen molar-refractivity contribution in [1.29, 1.82) is 0 Å². The number of carbonyl (C=O) groups excluding carboxylic acids is 1. The summed E-state index contributed by atoms with van der Waals surface area (Å²) < 4.78 is 0. The predicted molar refractivity (Wildman–Crippen MR) is 106 cm³/mol. The van der Waals surface area contributed by atoms with Crippen LogP contribution in [0, 0.1) is 13.8 Å². The Labute approximate surface area is 157 Å². The molecular weight excluding hydrogens is 346 g/mol. The Balaban J connectivity index is 1.79. The number of hydrogen-bond acceptors (Lipinski definition) is 6. The number of nitrogens with one attached hydrogen (secondary N) is 1. The summed E-state index contributed by atoms with van der Waals surface area (Å²) in [5.41, 5.74) is 2.78. The SMILES string of the molecule is CCN(C(=O)CNc1nc(-c2ccccc2)nc(C)c1C)c1nccs1. The first kappa shape index (κ1) is 18.0. The number of aromatic nitrogens is 3. The molecule has 6 nitrogen and oxygen atoms in total. The Hall–Kier alpha value is -2.80. The molecule has 0 spiro atoms. The van der Waals surface area contributed by atoms with E-state index < -0.39 is 0 Å². The van der Waals surface area contributed by atoms with E-state index in [1.807, 2.05) is 56.5 Å². The molecule has 0 fully saturated rings. The van der Waals surface area contributed by atoms with Gasteiger partial charge in [-0.15, -0.1) is 11.3 Å². The van der Waals surface area contributed by atoms with Gasteiger partial charge in [-0.3, -0.25) is 9.69 Å². The highest BCUT2D eigenvalue weighted by molar-refractivity contribution is 7.13. The summed E-state index contributed by atoms with van der Waals surface area (Å²) in [6.45, 7) is 6.57. The van der Waals surface area contributed by atoms with Crippen molar-refractivity contribution in [1.82, 2.24) is 15.0 Å². The van der Waals surface area contributed by atoms with E-state index in [0.717, 1.165) is 16.8 Å². The zero-order chi connectivity index (χ0) is 18.5. The molecule has 0 atom stereocenters. The minimum absolute atomic E-state index is 0.0422. The Bertz CT molecular complexity index is 880. The fourth-order valence-corrected chi connectivity index (χ4v) is 3.26. The zero-order valence-corrected chi connectivity index (χ0v) is 15.9. The molecule has 0 aliphatic rings. The molecule has 7 heteroatoms. The molecule has 0 aliphatic heterocycles. The molecule has 2 aromatic heterocycles. The van der Waals surface area contributed by atoms with E-state index >= 15 is 0 Å². The lowest BCUT2D eigenvalue weighted by molar-refractivity contribution is -0.116. The number of carbonyl (C=O) groups is 1. The van der Waals surface area contributed by atoms with Crippen molar-refractivity contribution in [3.8, 4) is 11.4 Å². The maximum absolute atomic E-state index is 12.6. The fraction of sp³-hybridized carbons (Fsp3) is 0.263. The van der Waals surface area contributed by atoms with Gasteiger partial charge < -0.3 is 5.32 Å². The summed E-state index contributed by atoms with van der Waals surface area (Å²) in [6.07, 6.45) is 1.70. The summed E-state index contributed by atoms with van der Waals surface area (Å²) in [6, 6.07) is 9.82. The number of aryl methyl sites for hydroxylation is 1. The van der Waals surface area contributed by atoms with Gasteiger partial charge >= 0.3 is 0 Å². The second-order valence-corrected chi connectivity index (χ2v) is 6.65. The van der Waals surface area contributed by atoms with Gasteiger partial charge in [0.25, 0.3) is 0 Å². The number of amides is 1. The van der Waals surface area contributed by atoms with Crippen molar-refractivity contribution >= 4 is 28.2 Å². The topological polar surface area (TPSA) is 71.0 Å². The molecule has 0 unspecified atom stereocenters. The van der Waals surface area contributed by atoms with Crippen LogP contribution in [0.1, 0.15) is 18.2 Å². The quantitative estimate of drug-likeness (QED) is 0.719. The summed E-state index contributed by atoms with van der Waals surface area (Å²) in [5.74, 6) is 1.29. The van der Waals surface area contributed by atoms with Crippen molar-refractivity contribution in [2.75, 3.05) is 23.3 Å². The third kappa shape index (κ3) is 3.88. The van der Waals surface area contributed by atoms with Gasteiger partial charge in [0.15, 0.2) is 11.0 Å². The molecule has 0 saturated carbocycles. The first-order chi connectivity index (χ1) is 12.6. The summed E-state index contributed by atoms with van der Waals surface area (Å²) >= 11 is 1.45. The Morgan fingerprint density at radius 3 is 2.62 bits per heavy atom. The maximum atomic E-state index is 12.6. The molecule has 134 valence electrons. The van der Waals surface area contributed by atoms with Gasteiger partial charge in [0, 0.05) is 34.9 Å². The molecule has 3 rings (SSSR count). The van der Waals surface area contributed by atoms with Gasteiger partial charge in [-0.1, -0.05) is 30.3 Å². The van der Waals surface area contributed by atoms with Gasteiger partial charge in [0.2, 0.25) is 5.91 Å². The molecule has 1 amide bonds. The Morgan fingerprint density at radius 2 is 1.96 bits per heavy atom. The minimum atomic E-state index is -0.0422. The van der Waals surface area contributed by atoms with Gasteiger partial charge in [0.1, 0.15) is 5.82 Å². The smallest absolute Gasteiger partial charge is 0.248 e. The average molecular weight is 367 g/mol. The van der Waals surface area contributed by atoms with Gasteiger partial charge in [-0.25, -0.2) is 15.0 Å². The molecule has 26 heavy (non-hydrogen) atoms. The second-order valence-electron chi connectivity index (χ2n) is 5.78. The van der Waals surface area contributed by atoms with Crippen LogP contribution in [-0.2, 0) is 4.79 Å². The molecule has 0 bridgehead atoms. The standard InChI is InChI=1S/C19H21N5OS/c1-4-24(19-20-10-11-26-19)16(25)12-21-17-13(2)14(3)22-18(23-17)15-8-6-5-7-9-15/h5-11H,4,12H2,1-3H3,(H,21,22,23). The lowest BCUT2D eigenvalue weighted by Crippen LogP contribution is -2.35. The molecule has 2 heterocycles. The number of benzene rings is 1. The molecule has 1 aromatic carbocycles. The highest BCUT2D eigenvalue weighted by Gasteiger charge is 2.17. The van der Waals surface area contributed by atoms with E-state index in [1.54, 1.807) is 11.1 Å². The Kier molecular flexibility index (Phi) is 5.58. The van der Waals surface area contributed by atoms with E-state index in [1.165, 1.54) is 11.3 Å². The van der Waals surface area contributed by atoms with E-state index in [4.69, 9.17) is 0 Å². The normalized spacial score (nSPS) is 10.6. The van der Waals surface area contributed by atoms with Crippen LogP contribution in [0.2, 0.25) is 0 Å². The van der Waals surface area contributed by atoms with Crippen molar-refractivity contribution in [2.24, 2.45) is 0 Å². The van der Waals surface area contributed by atoms with Crippen LogP contribution in [0.3, 0.4) is 0 Å². The number of hydrogen-bond donors (Lipinski definition) is 1. The third-order valence-corrected chi connectivity index (χ3v) is 4.89. The number of nitrogens with zero attached hydrogens (tertiary/aromatic N) is 4. The van der Waals surface area contributed by atoms with Crippen molar-refractivity contribution in [2.45, 2.75) is 20.8 Å². The van der Waals surface area contributed by atoms with E-state index in [0.29, 0.717) is 23.3 Å². The summed E-state index contributed by atoms with van der Waals surface area (Å²) in [4.78, 5) is 27.7. The van der Waals surface area contributed by atoms with Crippen LogP contribution >= 0.6 is 11.3 Å². The first-order valence-electron chi connectivity index (χ1n) is 8.44. The van der Waals surface area contributed by atoms with Gasteiger partial charge in [0.05, 0.1) is 6.54 Å². The van der Waals surface area contributed by atoms with E-state index in [9.17, 15) is 4.79 Å². The molecule has 0 radical (unpaired) electrons. The van der Waals surface area contributed by atoms with Crippen LogP contribution < -0.4 is 10.2 Å². The number of likely N-dealkylation sites (N-methyl/N-ethyl adjacent to an activating group) is 1. The van der Waals surface area contributed by atoms with E-state index in [-0.39, 0.29) is 12.5 Å². The van der Waals surface area contributed by atoms with Gasteiger partial charge in [-0.05, 0) is 20.8 Å². The molecule has 3 aromatic rings. The first-order valence-corrected chi connectivity index (χ1v) is 9.32. The zero-order valence-electron chi connectivity index (χ0n) is 15.1. The lowest BCUT2D eigenvalue weighted by Gasteiger charge is -2.19. The lowest BCUT2D eigenvalue weighted by atomic mass is 10.2. The number of rotatable bonds is 6. The van der Waals surface area contributed by atoms with Crippen LogP contribution in [0.5, 0.6) is 0 Å². The summed E-state index contributed by atoms with van der Waals surface area (Å²) in [7, 11) is 0.